The van der Waals surface area contributed by atoms with Crippen molar-refractivity contribution in [2.45, 2.75) is 32.0 Å². The van der Waals surface area contributed by atoms with Gasteiger partial charge in [0, 0.05) is 11.6 Å². The minimum Gasteiger partial charge on any atom is -0.350 e. The molecular weight excluding hydrogens is 444 g/mol. The van der Waals surface area contributed by atoms with Crippen molar-refractivity contribution in [3.63, 3.8) is 0 Å². The molecule has 8 nitrogen and oxygen atoms in total. The van der Waals surface area contributed by atoms with E-state index < -0.39 is 23.9 Å². The van der Waals surface area contributed by atoms with Crippen LogP contribution in [0.15, 0.2) is 84.9 Å². The number of carbonyl (C=O) groups is 3. The van der Waals surface area contributed by atoms with Gasteiger partial charge in [-0.2, -0.15) is 0 Å². The Bertz CT molecular complexity index is 1120. The maximum absolute atomic E-state index is 12.8. The second kappa shape index (κ2) is 12.5. The van der Waals surface area contributed by atoms with Gasteiger partial charge >= 0.3 is 0 Å². The van der Waals surface area contributed by atoms with Crippen LogP contribution in [-0.4, -0.2) is 41.6 Å². The molecule has 3 amide bonds. The van der Waals surface area contributed by atoms with E-state index in [4.69, 9.17) is 5.21 Å². The standard InChI is InChI=1S/C27H30N4O4/c1-18(20-9-5-3-6-10-20)28-17-24(32)29-19(2)25(27(34)31-35)30-26(33)23-15-13-22(14-16-23)21-11-7-4-8-12-21/h3-16,18-19,25,28,35H,17H2,1-2H3,(H,29,32)(H,30,33)(H,31,34)/t18-,19+,25-/m0/s1. The lowest BCUT2D eigenvalue weighted by Gasteiger charge is -2.25. The van der Waals surface area contributed by atoms with Gasteiger partial charge in [0.2, 0.25) is 5.91 Å². The summed E-state index contributed by atoms with van der Waals surface area (Å²) in [4.78, 5) is 37.5. The third kappa shape index (κ3) is 7.23. The highest BCUT2D eigenvalue weighted by Gasteiger charge is 2.28. The van der Waals surface area contributed by atoms with Crippen molar-refractivity contribution in [3.05, 3.63) is 96.1 Å². The van der Waals surface area contributed by atoms with Crippen molar-refractivity contribution in [2.75, 3.05) is 6.54 Å². The molecule has 3 rings (SSSR count). The molecule has 182 valence electrons. The van der Waals surface area contributed by atoms with Gasteiger partial charge in [0.1, 0.15) is 6.04 Å². The van der Waals surface area contributed by atoms with E-state index in [1.807, 2.05) is 79.7 Å². The summed E-state index contributed by atoms with van der Waals surface area (Å²) in [6.07, 6.45) is 0. The summed E-state index contributed by atoms with van der Waals surface area (Å²) in [7, 11) is 0. The van der Waals surface area contributed by atoms with E-state index in [2.05, 4.69) is 16.0 Å². The fraction of sp³-hybridized carbons (Fsp3) is 0.222. The van der Waals surface area contributed by atoms with Crippen LogP contribution >= 0.6 is 0 Å². The van der Waals surface area contributed by atoms with Gasteiger partial charge < -0.3 is 16.0 Å². The Morgan fingerprint density at radius 2 is 1.34 bits per heavy atom. The third-order valence-electron chi connectivity index (χ3n) is 5.69. The smallest absolute Gasteiger partial charge is 0.268 e. The number of benzene rings is 3. The second-order valence-electron chi connectivity index (χ2n) is 8.24. The normalized spacial score (nSPS) is 13.2. The van der Waals surface area contributed by atoms with Gasteiger partial charge in [-0.1, -0.05) is 72.8 Å². The lowest BCUT2D eigenvalue weighted by Crippen LogP contribution is -2.58. The molecule has 0 radical (unpaired) electrons. The molecule has 3 atom stereocenters. The molecule has 0 spiro atoms. The van der Waals surface area contributed by atoms with E-state index in [1.54, 1.807) is 24.5 Å². The molecule has 0 fully saturated rings. The lowest BCUT2D eigenvalue weighted by molar-refractivity contribution is -0.132. The van der Waals surface area contributed by atoms with Gasteiger partial charge in [0.05, 0.1) is 12.6 Å². The summed E-state index contributed by atoms with van der Waals surface area (Å²) >= 11 is 0. The first-order valence-electron chi connectivity index (χ1n) is 11.4. The number of hydrogen-bond donors (Lipinski definition) is 5. The molecule has 0 heterocycles. The van der Waals surface area contributed by atoms with Crippen LogP contribution in [0.1, 0.15) is 35.8 Å². The third-order valence-corrected chi connectivity index (χ3v) is 5.69. The molecule has 0 bridgehead atoms. The van der Waals surface area contributed by atoms with Gasteiger partial charge in [-0.3, -0.25) is 19.6 Å². The molecule has 0 aliphatic rings. The number of hydroxylamine groups is 1. The maximum Gasteiger partial charge on any atom is 0.268 e. The highest BCUT2D eigenvalue weighted by molar-refractivity contribution is 5.98. The van der Waals surface area contributed by atoms with Crippen LogP contribution in [-0.2, 0) is 9.59 Å². The van der Waals surface area contributed by atoms with Crippen molar-refractivity contribution < 1.29 is 19.6 Å². The molecule has 0 aromatic heterocycles. The van der Waals surface area contributed by atoms with E-state index >= 15 is 0 Å². The Hall–Kier alpha value is -4.01. The molecule has 0 aliphatic carbocycles. The zero-order valence-corrected chi connectivity index (χ0v) is 19.7. The highest BCUT2D eigenvalue weighted by Crippen LogP contribution is 2.19. The monoisotopic (exact) mass is 474 g/mol. The Balaban J connectivity index is 1.59. The molecule has 0 unspecified atom stereocenters. The van der Waals surface area contributed by atoms with Gasteiger partial charge in [-0.25, -0.2) is 5.48 Å². The van der Waals surface area contributed by atoms with Crippen LogP contribution < -0.4 is 21.4 Å². The SMILES string of the molecule is C[C@H](NCC(=O)N[C@H](C)[C@H](NC(=O)c1ccc(-c2ccccc2)cc1)C(=O)NO)c1ccccc1. The molecule has 8 heteroatoms. The minimum absolute atomic E-state index is 0.0166. The average molecular weight is 475 g/mol. The maximum atomic E-state index is 12.8. The van der Waals surface area contributed by atoms with E-state index in [9.17, 15) is 14.4 Å². The summed E-state index contributed by atoms with van der Waals surface area (Å²) in [6, 6.07) is 24.3. The number of nitrogens with one attached hydrogen (secondary N) is 4. The molecule has 0 saturated carbocycles. The number of rotatable bonds is 10. The molecule has 5 N–H and O–H groups in total. The first-order valence-corrected chi connectivity index (χ1v) is 11.4. The highest BCUT2D eigenvalue weighted by atomic mass is 16.5. The molecule has 3 aromatic carbocycles. The van der Waals surface area contributed by atoms with E-state index in [1.165, 1.54) is 0 Å². The largest absolute Gasteiger partial charge is 0.350 e. The number of hydrogen-bond acceptors (Lipinski definition) is 5. The summed E-state index contributed by atoms with van der Waals surface area (Å²) < 4.78 is 0. The van der Waals surface area contributed by atoms with Crippen LogP contribution in [0, 0.1) is 0 Å². The van der Waals surface area contributed by atoms with Crippen molar-refractivity contribution in [1.82, 2.24) is 21.4 Å². The Kier molecular flexibility index (Phi) is 9.11. The Morgan fingerprint density at radius 1 is 0.771 bits per heavy atom. The van der Waals surface area contributed by atoms with Crippen molar-refractivity contribution in [1.29, 1.82) is 0 Å². The van der Waals surface area contributed by atoms with Crippen molar-refractivity contribution in [3.8, 4) is 11.1 Å². The van der Waals surface area contributed by atoms with Crippen LogP contribution in [0.2, 0.25) is 0 Å². The molecule has 0 aliphatic heterocycles. The Labute approximate surface area is 204 Å². The molecule has 3 aromatic rings. The average Bonchev–Trinajstić information content (AvgIpc) is 2.90. The van der Waals surface area contributed by atoms with E-state index in [-0.39, 0.29) is 18.5 Å². The van der Waals surface area contributed by atoms with Crippen LogP contribution in [0.25, 0.3) is 11.1 Å². The predicted octanol–water partition coefficient (Wildman–Crippen LogP) is 2.81. The topological polar surface area (TPSA) is 120 Å². The minimum atomic E-state index is -1.18. The van der Waals surface area contributed by atoms with Gasteiger partial charge in [-0.15, -0.1) is 0 Å². The van der Waals surface area contributed by atoms with E-state index in [0.717, 1.165) is 16.7 Å². The fourth-order valence-electron chi connectivity index (χ4n) is 3.65. The predicted molar refractivity (Wildman–Crippen MR) is 134 cm³/mol. The molecular formula is C27H30N4O4. The Morgan fingerprint density at radius 3 is 1.94 bits per heavy atom. The summed E-state index contributed by atoms with van der Waals surface area (Å²) in [5.41, 5.74) is 4.91. The van der Waals surface area contributed by atoms with Crippen molar-refractivity contribution >= 4 is 17.7 Å². The van der Waals surface area contributed by atoms with Crippen LogP contribution in [0.3, 0.4) is 0 Å². The zero-order chi connectivity index (χ0) is 25.2. The summed E-state index contributed by atoms with van der Waals surface area (Å²) in [5, 5.41) is 17.6. The molecule has 0 saturated heterocycles. The van der Waals surface area contributed by atoms with Crippen LogP contribution in [0.4, 0.5) is 0 Å². The van der Waals surface area contributed by atoms with E-state index in [0.29, 0.717) is 5.56 Å². The first kappa shape index (κ1) is 25.6. The van der Waals surface area contributed by atoms with Gasteiger partial charge in [0.15, 0.2) is 0 Å². The van der Waals surface area contributed by atoms with Gasteiger partial charge in [0.25, 0.3) is 11.8 Å². The quantitative estimate of drug-likeness (QED) is 0.229. The summed E-state index contributed by atoms with van der Waals surface area (Å²) in [5.74, 6) is -1.69. The molecule has 35 heavy (non-hydrogen) atoms. The van der Waals surface area contributed by atoms with Gasteiger partial charge in [-0.05, 0) is 42.7 Å². The summed E-state index contributed by atoms with van der Waals surface area (Å²) in [6.45, 7) is 3.54. The first-order chi connectivity index (χ1) is 16.9. The van der Waals surface area contributed by atoms with Crippen LogP contribution in [0.5, 0.6) is 0 Å². The van der Waals surface area contributed by atoms with Crippen molar-refractivity contribution in [2.24, 2.45) is 0 Å². The fourth-order valence-corrected chi connectivity index (χ4v) is 3.65. The number of carbonyl (C=O) groups excluding carboxylic acids is 3. The number of amides is 3. The zero-order valence-electron chi connectivity index (χ0n) is 19.7. The lowest BCUT2D eigenvalue weighted by atomic mass is 10.0. The second-order valence-corrected chi connectivity index (χ2v) is 8.24.